The van der Waals surface area contributed by atoms with Gasteiger partial charge in [0.25, 0.3) is 0 Å². The van der Waals surface area contributed by atoms with Crippen molar-refractivity contribution in [2.24, 2.45) is 0 Å². The lowest BCUT2D eigenvalue weighted by Gasteiger charge is -2.12. The van der Waals surface area contributed by atoms with E-state index in [2.05, 4.69) is 63.1 Å². The molecule has 0 radical (unpaired) electrons. The van der Waals surface area contributed by atoms with Crippen LogP contribution in [0.1, 0.15) is 66.5 Å². The van der Waals surface area contributed by atoms with Gasteiger partial charge < -0.3 is 5.73 Å². The van der Waals surface area contributed by atoms with E-state index in [-0.39, 0.29) is 0 Å². The second-order valence-electron chi connectivity index (χ2n) is 8.06. The van der Waals surface area contributed by atoms with Gasteiger partial charge in [-0.05, 0) is 97.2 Å². The van der Waals surface area contributed by atoms with Crippen molar-refractivity contribution in [2.45, 2.75) is 65.7 Å². The molecule has 2 aromatic carbocycles. The van der Waals surface area contributed by atoms with Gasteiger partial charge in [0, 0.05) is 10.6 Å². The van der Waals surface area contributed by atoms with Crippen LogP contribution in [0.15, 0.2) is 47.9 Å². The second-order valence-corrected chi connectivity index (χ2v) is 9.02. The molecule has 0 fully saturated rings. The fourth-order valence-electron chi connectivity index (χ4n) is 3.99. The predicted octanol–water partition coefficient (Wildman–Crippen LogP) is 7.26. The summed E-state index contributed by atoms with van der Waals surface area (Å²) in [6.45, 7) is 10.9. The number of nitrogen functional groups attached to an aromatic ring is 1. The molecule has 28 heavy (non-hydrogen) atoms. The number of benzene rings is 2. The molecule has 0 heterocycles. The summed E-state index contributed by atoms with van der Waals surface area (Å²) in [5.41, 5.74) is 16.6. The highest BCUT2D eigenvalue weighted by Gasteiger charge is 2.10. The summed E-state index contributed by atoms with van der Waals surface area (Å²) in [6, 6.07) is 11.3. The van der Waals surface area contributed by atoms with Crippen LogP contribution >= 0.6 is 11.8 Å². The third kappa shape index (κ3) is 5.11. The van der Waals surface area contributed by atoms with Crippen LogP contribution in [0, 0.1) is 6.92 Å². The lowest BCUT2D eigenvalue weighted by atomic mass is 9.97. The zero-order valence-electron chi connectivity index (χ0n) is 17.6. The van der Waals surface area contributed by atoms with Crippen molar-refractivity contribution < 1.29 is 0 Å². The van der Waals surface area contributed by atoms with E-state index < -0.39 is 0 Å². The Morgan fingerprint density at radius 1 is 1.07 bits per heavy atom. The van der Waals surface area contributed by atoms with Crippen molar-refractivity contribution in [3.05, 3.63) is 81.3 Å². The number of thioether (sulfide) groups is 1. The quantitative estimate of drug-likeness (QED) is 0.414. The number of rotatable bonds is 6. The van der Waals surface area contributed by atoms with Crippen LogP contribution in [0.5, 0.6) is 0 Å². The first-order valence-corrected chi connectivity index (χ1v) is 11.4. The van der Waals surface area contributed by atoms with E-state index in [1.807, 2.05) is 0 Å². The zero-order valence-corrected chi connectivity index (χ0v) is 18.4. The molecule has 0 spiro atoms. The molecule has 0 unspecified atom stereocenters. The van der Waals surface area contributed by atoms with Gasteiger partial charge in [-0.2, -0.15) is 0 Å². The molecule has 1 aliphatic rings. The van der Waals surface area contributed by atoms with Crippen molar-refractivity contribution in [3.8, 4) is 0 Å². The molecular weight excluding hydrogens is 358 g/mol. The maximum absolute atomic E-state index is 6.12. The summed E-state index contributed by atoms with van der Waals surface area (Å²) in [4.78, 5) is 1.13. The van der Waals surface area contributed by atoms with Crippen LogP contribution in [0.25, 0.3) is 4.91 Å². The SMILES string of the molecule is C=C(S/C=C(\C)Cc1cc(CC)c(N)cc1C)c1ccc2c(c1)CCCCC2. The number of allylic oxidation sites excluding steroid dienone is 1. The van der Waals surface area contributed by atoms with E-state index in [4.69, 9.17) is 5.73 Å². The third-order valence-electron chi connectivity index (χ3n) is 5.77. The van der Waals surface area contributed by atoms with Gasteiger partial charge in [-0.15, -0.1) is 0 Å². The predicted molar refractivity (Wildman–Crippen MR) is 127 cm³/mol. The van der Waals surface area contributed by atoms with E-state index in [1.54, 1.807) is 11.8 Å². The van der Waals surface area contributed by atoms with Gasteiger partial charge >= 0.3 is 0 Å². The topological polar surface area (TPSA) is 26.0 Å². The summed E-state index contributed by atoms with van der Waals surface area (Å²) in [6.07, 6.45) is 8.38. The lowest BCUT2D eigenvalue weighted by Crippen LogP contribution is -1.99. The molecule has 2 aromatic rings. The first kappa shape index (κ1) is 20.8. The smallest absolute Gasteiger partial charge is 0.0349 e. The average Bonchev–Trinajstić information content (AvgIpc) is 2.93. The zero-order chi connectivity index (χ0) is 20.1. The first-order valence-electron chi connectivity index (χ1n) is 10.5. The van der Waals surface area contributed by atoms with Crippen LogP contribution in [0.2, 0.25) is 0 Å². The number of nitrogens with two attached hydrogens (primary N) is 1. The Labute approximate surface area is 175 Å². The summed E-state index contributed by atoms with van der Waals surface area (Å²) in [7, 11) is 0. The average molecular weight is 392 g/mol. The van der Waals surface area contributed by atoms with Gasteiger partial charge in [-0.25, -0.2) is 0 Å². The summed E-state index contributed by atoms with van der Waals surface area (Å²) in [5, 5.41) is 2.26. The van der Waals surface area contributed by atoms with E-state index >= 15 is 0 Å². The van der Waals surface area contributed by atoms with Crippen molar-refractivity contribution in [1.29, 1.82) is 0 Å². The summed E-state index contributed by atoms with van der Waals surface area (Å²) in [5.74, 6) is 0. The fourth-order valence-corrected chi connectivity index (χ4v) is 4.68. The molecule has 1 nitrogen and oxygen atoms in total. The third-order valence-corrected chi connectivity index (χ3v) is 6.81. The normalized spacial score (nSPS) is 14.5. The molecule has 3 rings (SSSR count). The minimum absolute atomic E-state index is 0.913. The fraction of sp³-hybridized carbons (Fsp3) is 0.385. The Bertz CT molecular complexity index is 892. The van der Waals surface area contributed by atoms with E-state index in [0.29, 0.717) is 0 Å². The summed E-state index contributed by atoms with van der Waals surface area (Å²) < 4.78 is 0. The molecule has 0 aliphatic heterocycles. The van der Waals surface area contributed by atoms with E-state index in [0.717, 1.165) is 23.4 Å². The van der Waals surface area contributed by atoms with Gasteiger partial charge in [-0.1, -0.05) is 61.5 Å². The van der Waals surface area contributed by atoms with E-state index in [1.165, 1.54) is 71.1 Å². The van der Waals surface area contributed by atoms with Crippen molar-refractivity contribution >= 4 is 22.4 Å². The highest BCUT2D eigenvalue weighted by Crippen LogP contribution is 2.31. The minimum Gasteiger partial charge on any atom is -0.398 e. The van der Waals surface area contributed by atoms with Crippen LogP contribution < -0.4 is 5.73 Å². The van der Waals surface area contributed by atoms with Gasteiger partial charge in [-0.3, -0.25) is 0 Å². The van der Waals surface area contributed by atoms with Crippen LogP contribution in [-0.4, -0.2) is 0 Å². The molecule has 0 bridgehead atoms. The van der Waals surface area contributed by atoms with Gasteiger partial charge in [0.2, 0.25) is 0 Å². The molecule has 0 atom stereocenters. The minimum atomic E-state index is 0.913. The second kappa shape index (κ2) is 9.52. The van der Waals surface area contributed by atoms with Crippen LogP contribution in [0.3, 0.4) is 0 Å². The molecule has 148 valence electrons. The highest BCUT2D eigenvalue weighted by atomic mass is 32.2. The molecule has 2 N–H and O–H groups in total. The lowest BCUT2D eigenvalue weighted by molar-refractivity contribution is 0.711. The molecule has 0 saturated carbocycles. The Morgan fingerprint density at radius 2 is 1.82 bits per heavy atom. The van der Waals surface area contributed by atoms with Gasteiger partial charge in [0.05, 0.1) is 0 Å². The van der Waals surface area contributed by atoms with Crippen LogP contribution in [-0.2, 0) is 25.7 Å². The van der Waals surface area contributed by atoms with Crippen molar-refractivity contribution in [1.82, 2.24) is 0 Å². The molecule has 0 amide bonds. The van der Waals surface area contributed by atoms with Gasteiger partial charge in [0.15, 0.2) is 0 Å². The molecule has 2 heteroatoms. The molecule has 0 saturated heterocycles. The number of fused-ring (bicyclic) bond motifs is 1. The maximum atomic E-state index is 6.12. The number of hydrogen-bond donors (Lipinski definition) is 1. The first-order chi connectivity index (χ1) is 13.5. The van der Waals surface area contributed by atoms with E-state index in [9.17, 15) is 0 Å². The number of hydrogen-bond acceptors (Lipinski definition) is 2. The largest absolute Gasteiger partial charge is 0.398 e. The Hall–Kier alpha value is -1.93. The van der Waals surface area contributed by atoms with Crippen LogP contribution in [0.4, 0.5) is 5.69 Å². The van der Waals surface area contributed by atoms with Gasteiger partial charge in [0.1, 0.15) is 0 Å². The molecular formula is C26H33NS. The Kier molecular flexibility index (Phi) is 7.07. The maximum Gasteiger partial charge on any atom is 0.0349 e. The molecule has 1 aliphatic carbocycles. The van der Waals surface area contributed by atoms with Crippen molar-refractivity contribution in [3.63, 3.8) is 0 Å². The Morgan fingerprint density at radius 3 is 2.57 bits per heavy atom. The number of anilines is 1. The number of aryl methyl sites for hydroxylation is 4. The standard InChI is InChI=1S/C26H33NS/c1-5-21-15-25(19(3)14-26(21)27)13-18(2)17-28-20(4)23-12-11-22-9-7-6-8-10-24(22)16-23/h11-12,14-17H,4-10,13,27H2,1-3H3/b18-17+. The molecule has 0 aromatic heterocycles. The summed E-state index contributed by atoms with van der Waals surface area (Å²) >= 11 is 1.75. The highest BCUT2D eigenvalue weighted by molar-refractivity contribution is 8.10. The van der Waals surface area contributed by atoms with Crippen molar-refractivity contribution in [2.75, 3.05) is 5.73 Å². The monoisotopic (exact) mass is 391 g/mol. The Balaban J connectivity index is 1.68.